The van der Waals surface area contributed by atoms with Crippen molar-refractivity contribution in [3.8, 4) is 5.75 Å². The van der Waals surface area contributed by atoms with Crippen molar-refractivity contribution in [3.05, 3.63) is 30.1 Å². The average molecular weight is 254 g/mol. The molecule has 100 valence electrons. The zero-order chi connectivity index (χ0) is 13.4. The molecule has 0 heterocycles. The summed E-state index contributed by atoms with van der Waals surface area (Å²) < 4.78 is 18.1. The van der Waals surface area contributed by atoms with Gasteiger partial charge in [0.1, 0.15) is 18.2 Å². The van der Waals surface area contributed by atoms with Gasteiger partial charge in [-0.25, -0.2) is 4.39 Å². The highest BCUT2D eigenvalue weighted by molar-refractivity contribution is 5.78. The maximum atomic E-state index is 12.8. The Hall–Kier alpha value is -1.62. The van der Waals surface area contributed by atoms with Crippen molar-refractivity contribution in [2.45, 2.75) is 6.92 Å². The van der Waals surface area contributed by atoms with Crippen LogP contribution in [0.4, 0.5) is 4.39 Å². The average Bonchev–Trinajstić information content (AvgIpc) is 2.35. The van der Waals surface area contributed by atoms with Crippen LogP contribution in [0.5, 0.6) is 5.75 Å². The predicted molar refractivity (Wildman–Crippen MR) is 68.0 cm³/mol. The number of halogens is 1. The number of nitrogens with one attached hydrogen (secondary N) is 2. The molecule has 1 aromatic carbocycles. The molecule has 18 heavy (non-hydrogen) atoms. The second kappa shape index (κ2) is 7.66. The van der Waals surface area contributed by atoms with Crippen LogP contribution in [0, 0.1) is 11.7 Å². The fourth-order valence-corrected chi connectivity index (χ4v) is 1.47. The zero-order valence-corrected chi connectivity index (χ0v) is 10.7. The molecular formula is C13H19FN2O2. The van der Waals surface area contributed by atoms with E-state index in [1.54, 1.807) is 19.2 Å². The summed E-state index contributed by atoms with van der Waals surface area (Å²) in [6, 6.07) is 5.92. The summed E-state index contributed by atoms with van der Waals surface area (Å²) in [6.07, 6.45) is 0. The number of carbonyl (C=O) groups excluding carboxylic acids is 1. The lowest BCUT2D eigenvalue weighted by Crippen LogP contribution is -2.36. The van der Waals surface area contributed by atoms with Crippen molar-refractivity contribution < 1.29 is 13.9 Å². The van der Waals surface area contributed by atoms with Crippen LogP contribution in [0.1, 0.15) is 6.92 Å². The molecule has 4 nitrogen and oxygen atoms in total. The Morgan fingerprint density at radius 3 is 2.94 bits per heavy atom. The van der Waals surface area contributed by atoms with Crippen LogP contribution >= 0.6 is 0 Å². The van der Waals surface area contributed by atoms with Gasteiger partial charge < -0.3 is 15.4 Å². The summed E-state index contributed by atoms with van der Waals surface area (Å²) in [4.78, 5) is 11.5. The molecule has 0 aliphatic rings. The first-order valence-electron chi connectivity index (χ1n) is 5.94. The van der Waals surface area contributed by atoms with Crippen molar-refractivity contribution in [2.75, 3.05) is 26.7 Å². The van der Waals surface area contributed by atoms with Crippen LogP contribution in [-0.4, -0.2) is 32.7 Å². The van der Waals surface area contributed by atoms with Gasteiger partial charge in [-0.05, 0) is 19.2 Å². The highest BCUT2D eigenvalue weighted by Crippen LogP contribution is 2.11. The molecule has 0 bridgehead atoms. The van der Waals surface area contributed by atoms with Crippen LogP contribution < -0.4 is 15.4 Å². The number of hydrogen-bond acceptors (Lipinski definition) is 3. The molecular weight excluding hydrogens is 235 g/mol. The first-order chi connectivity index (χ1) is 8.63. The van der Waals surface area contributed by atoms with Gasteiger partial charge in [0, 0.05) is 18.5 Å². The molecule has 1 rings (SSSR count). The lowest BCUT2D eigenvalue weighted by Gasteiger charge is -2.12. The Morgan fingerprint density at radius 2 is 2.28 bits per heavy atom. The smallest absolute Gasteiger partial charge is 0.224 e. The number of rotatable bonds is 7. The molecule has 0 aromatic heterocycles. The second-order valence-corrected chi connectivity index (χ2v) is 4.06. The molecule has 1 aromatic rings. The van der Waals surface area contributed by atoms with Gasteiger partial charge >= 0.3 is 0 Å². The van der Waals surface area contributed by atoms with Crippen molar-refractivity contribution in [3.63, 3.8) is 0 Å². The summed E-state index contributed by atoms with van der Waals surface area (Å²) >= 11 is 0. The summed E-state index contributed by atoms with van der Waals surface area (Å²) in [7, 11) is 1.80. The molecule has 0 aliphatic carbocycles. The minimum atomic E-state index is -0.334. The molecule has 0 saturated heterocycles. The van der Waals surface area contributed by atoms with E-state index < -0.39 is 0 Å². The number of ether oxygens (including phenoxy) is 1. The van der Waals surface area contributed by atoms with E-state index in [-0.39, 0.29) is 17.6 Å². The van der Waals surface area contributed by atoms with Crippen molar-refractivity contribution in [1.82, 2.24) is 10.6 Å². The highest BCUT2D eigenvalue weighted by atomic mass is 19.1. The molecule has 2 N–H and O–H groups in total. The maximum absolute atomic E-state index is 12.8. The molecule has 5 heteroatoms. The molecule has 0 aliphatic heterocycles. The summed E-state index contributed by atoms with van der Waals surface area (Å²) in [5.74, 6) is 0.0306. The fourth-order valence-electron chi connectivity index (χ4n) is 1.47. The molecule has 0 radical (unpaired) electrons. The van der Waals surface area contributed by atoms with E-state index in [0.717, 1.165) is 0 Å². The highest BCUT2D eigenvalue weighted by Gasteiger charge is 2.10. The van der Waals surface area contributed by atoms with Crippen molar-refractivity contribution in [1.29, 1.82) is 0 Å². The maximum Gasteiger partial charge on any atom is 0.224 e. The third-order valence-corrected chi connectivity index (χ3v) is 2.42. The standard InChI is InChI=1S/C13H19FN2O2/c1-10(9-15-2)13(17)16-6-7-18-12-5-3-4-11(14)8-12/h3-5,8,10,15H,6-7,9H2,1-2H3,(H,16,17). The van der Waals surface area contributed by atoms with Crippen molar-refractivity contribution >= 4 is 5.91 Å². The zero-order valence-electron chi connectivity index (χ0n) is 10.7. The molecule has 1 unspecified atom stereocenters. The monoisotopic (exact) mass is 254 g/mol. The molecule has 0 spiro atoms. The Morgan fingerprint density at radius 1 is 1.50 bits per heavy atom. The quantitative estimate of drug-likeness (QED) is 0.718. The Kier molecular flexibility index (Phi) is 6.14. The number of hydrogen-bond donors (Lipinski definition) is 2. The summed E-state index contributed by atoms with van der Waals surface area (Å²) in [5.41, 5.74) is 0. The van der Waals surface area contributed by atoms with Gasteiger partial charge in [0.15, 0.2) is 0 Å². The van der Waals surface area contributed by atoms with E-state index in [1.807, 2.05) is 6.92 Å². The molecule has 1 atom stereocenters. The third kappa shape index (κ3) is 5.14. The summed E-state index contributed by atoms with van der Waals surface area (Å²) in [5, 5.41) is 5.69. The Balaban J connectivity index is 2.21. The predicted octanol–water partition coefficient (Wildman–Crippen LogP) is 1.18. The SMILES string of the molecule is CNCC(C)C(=O)NCCOc1cccc(F)c1. The number of carbonyl (C=O) groups is 1. The van der Waals surface area contributed by atoms with Gasteiger partial charge in [-0.2, -0.15) is 0 Å². The lowest BCUT2D eigenvalue weighted by atomic mass is 10.1. The van der Waals surface area contributed by atoms with Crippen LogP contribution in [-0.2, 0) is 4.79 Å². The number of benzene rings is 1. The van der Waals surface area contributed by atoms with Gasteiger partial charge in [-0.15, -0.1) is 0 Å². The van der Waals surface area contributed by atoms with Crippen molar-refractivity contribution in [2.24, 2.45) is 5.92 Å². The third-order valence-electron chi connectivity index (χ3n) is 2.42. The van der Waals surface area contributed by atoms with Crippen LogP contribution in [0.25, 0.3) is 0 Å². The Labute approximate surface area is 107 Å². The topological polar surface area (TPSA) is 50.4 Å². The van der Waals surface area contributed by atoms with Gasteiger partial charge in [-0.1, -0.05) is 13.0 Å². The van der Waals surface area contributed by atoms with Gasteiger partial charge in [-0.3, -0.25) is 4.79 Å². The second-order valence-electron chi connectivity index (χ2n) is 4.06. The molecule has 0 fully saturated rings. The van der Waals surface area contributed by atoms with Gasteiger partial charge in [0.05, 0.1) is 6.54 Å². The fraction of sp³-hybridized carbons (Fsp3) is 0.462. The van der Waals surface area contributed by atoms with Gasteiger partial charge in [0.2, 0.25) is 5.91 Å². The van der Waals surface area contributed by atoms with E-state index in [2.05, 4.69) is 10.6 Å². The van der Waals surface area contributed by atoms with E-state index in [9.17, 15) is 9.18 Å². The normalized spacial score (nSPS) is 11.9. The summed E-state index contributed by atoms with van der Waals surface area (Å²) in [6.45, 7) is 3.21. The lowest BCUT2D eigenvalue weighted by molar-refractivity contribution is -0.124. The van der Waals surface area contributed by atoms with E-state index >= 15 is 0 Å². The van der Waals surface area contributed by atoms with Crippen LogP contribution in [0.3, 0.4) is 0 Å². The minimum Gasteiger partial charge on any atom is -0.492 e. The van der Waals surface area contributed by atoms with Crippen LogP contribution in [0.15, 0.2) is 24.3 Å². The van der Waals surface area contributed by atoms with E-state index in [0.29, 0.717) is 25.4 Å². The molecule has 1 amide bonds. The van der Waals surface area contributed by atoms with Crippen LogP contribution in [0.2, 0.25) is 0 Å². The largest absolute Gasteiger partial charge is 0.492 e. The number of amides is 1. The van der Waals surface area contributed by atoms with Gasteiger partial charge in [0.25, 0.3) is 0 Å². The van der Waals surface area contributed by atoms with E-state index in [4.69, 9.17) is 4.74 Å². The Bertz CT molecular complexity index is 385. The first-order valence-corrected chi connectivity index (χ1v) is 5.94. The van der Waals surface area contributed by atoms with E-state index in [1.165, 1.54) is 12.1 Å². The molecule has 0 saturated carbocycles. The first kappa shape index (κ1) is 14.4. The minimum absolute atomic E-state index is 0.0211.